The molecule has 0 aliphatic rings. The first-order valence-corrected chi connectivity index (χ1v) is 10.4. The first kappa shape index (κ1) is 26.6. The average molecular weight is 486 g/mol. The molecule has 2 aromatic carbocycles. The lowest BCUT2D eigenvalue weighted by Gasteiger charge is -2.22. The Bertz CT molecular complexity index is 1070. The number of benzene rings is 2. The number of carbonyl (C=O) groups excluding carboxylic acids is 2. The molecule has 12 nitrogen and oxygen atoms in total. The number of nitrogens with one attached hydrogen (secondary N) is 2. The zero-order valence-corrected chi connectivity index (χ0v) is 18.9. The SMILES string of the molecule is CN(C(=O)OCCCc1ccc(OC(=O)c2ccc(NC(=N)N)cc2)cc1)[C@@H](CC(=O)O)C(=O)O. The highest BCUT2D eigenvalue weighted by atomic mass is 16.6. The summed E-state index contributed by atoms with van der Waals surface area (Å²) in [6.07, 6.45) is -0.685. The Morgan fingerprint density at radius 1 is 1.06 bits per heavy atom. The van der Waals surface area contributed by atoms with Crippen molar-refractivity contribution in [3.05, 3.63) is 59.7 Å². The van der Waals surface area contributed by atoms with Crippen LogP contribution < -0.4 is 15.8 Å². The maximum absolute atomic E-state index is 12.3. The van der Waals surface area contributed by atoms with Gasteiger partial charge in [-0.2, -0.15) is 0 Å². The second-order valence-electron chi connectivity index (χ2n) is 7.43. The van der Waals surface area contributed by atoms with Gasteiger partial charge in [0.05, 0.1) is 18.6 Å². The van der Waals surface area contributed by atoms with Crippen molar-refractivity contribution in [2.45, 2.75) is 25.3 Å². The number of hydrogen-bond donors (Lipinski definition) is 5. The maximum atomic E-state index is 12.3. The van der Waals surface area contributed by atoms with Crippen LogP contribution in [0.2, 0.25) is 0 Å². The van der Waals surface area contributed by atoms with Crippen LogP contribution in [-0.4, -0.2) is 64.8 Å². The topological polar surface area (TPSA) is 192 Å². The minimum Gasteiger partial charge on any atom is -0.481 e. The molecular formula is C23H26N4O8. The standard InChI is InChI=1S/C23H26N4O8/c1-27(18(20(30)31)13-19(28)29)23(33)34-12-2-3-14-4-10-17(11-5-14)35-21(32)15-6-8-16(9-7-15)26-22(24)25/h4-11,18H,2-3,12-13H2,1H3,(H,28,29)(H,30,31)(H4,24,25,26)/t18-/m0/s1. The summed E-state index contributed by atoms with van der Waals surface area (Å²) in [4.78, 5) is 47.0. The molecule has 0 saturated heterocycles. The van der Waals surface area contributed by atoms with E-state index in [1.165, 1.54) is 7.05 Å². The molecule has 0 aromatic heterocycles. The highest BCUT2D eigenvalue weighted by Gasteiger charge is 2.29. The normalized spacial score (nSPS) is 11.1. The van der Waals surface area contributed by atoms with Gasteiger partial charge in [-0.25, -0.2) is 14.4 Å². The molecule has 35 heavy (non-hydrogen) atoms. The molecule has 0 fully saturated rings. The van der Waals surface area contributed by atoms with E-state index in [0.717, 1.165) is 10.5 Å². The van der Waals surface area contributed by atoms with Crippen LogP contribution in [-0.2, 0) is 20.7 Å². The molecule has 0 aliphatic heterocycles. The summed E-state index contributed by atoms with van der Waals surface area (Å²) >= 11 is 0. The van der Waals surface area contributed by atoms with Gasteiger partial charge in [0.2, 0.25) is 0 Å². The van der Waals surface area contributed by atoms with E-state index in [1.807, 2.05) is 0 Å². The Morgan fingerprint density at radius 3 is 2.23 bits per heavy atom. The van der Waals surface area contributed by atoms with Crippen LogP contribution in [0.4, 0.5) is 10.5 Å². The predicted molar refractivity (Wildman–Crippen MR) is 124 cm³/mol. The van der Waals surface area contributed by atoms with Crippen LogP contribution in [0.15, 0.2) is 48.5 Å². The van der Waals surface area contributed by atoms with Crippen molar-refractivity contribution < 1.29 is 38.9 Å². The number of esters is 1. The molecule has 0 unspecified atom stereocenters. The summed E-state index contributed by atoms with van der Waals surface area (Å²) in [5.74, 6) is -3.20. The lowest BCUT2D eigenvalue weighted by molar-refractivity contribution is -0.148. The molecule has 2 aromatic rings. The number of amides is 1. The third-order valence-electron chi connectivity index (χ3n) is 4.78. The summed E-state index contributed by atoms with van der Waals surface area (Å²) in [7, 11) is 1.17. The fourth-order valence-electron chi connectivity index (χ4n) is 2.96. The summed E-state index contributed by atoms with van der Waals surface area (Å²) in [6, 6.07) is 11.5. The van der Waals surface area contributed by atoms with Gasteiger partial charge in [-0.15, -0.1) is 0 Å². The lowest BCUT2D eigenvalue weighted by Crippen LogP contribution is -2.44. The van der Waals surface area contributed by atoms with Crippen molar-refractivity contribution in [1.82, 2.24) is 4.90 Å². The highest BCUT2D eigenvalue weighted by molar-refractivity contribution is 5.93. The quantitative estimate of drug-likeness (QED) is 0.103. The van der Waals surface area contributed by atoms with E-state index in [-0.39, 0.29) is 12.6 Å². The minimum atomic E-state index is -1.52. The second kappa shape index (κ2) is 12.6. The van der Waals surface area contributed by atoms with E-state index in [0.29, 0.717) is 29.8 Å². The fraction of sp³-hybridized carbons (Fsp3) is 0.261. The fourth-order valence-corrected chi connectivity index (χ4v) is 2.96. The molecule has 0 aliphatic carbocycles. The highest BCUT2D eigenvalue weighted by Crippen LogP contribution is 2.17. The molecule has 0 saturated carbocycles. The Hall–Kier alpha value is -4.61. The van der Waals surface area contributed by atoms with Crippen LogP contribution >= 0.6 is 0 Å². The number of aliphatic carboxylic acids is 2. The molecule has 0 bridgehead atoms. The minimum absolute atomic E-state index is 0.00774. The third kappa shape index (κ3) is 8.68. The Balaban J connectivity index is 1.79. The zero-order chi connectivity index (χ0) is 26.0. The van der Waals surface area contributed by atoms with Gasteiger partial charge in [-0.3, -0.25) is 15.1 Å². The van der Waals surface area contributed by atoms with E-state index in [4.69, 9.17) is 30.8 Å². The number of likely N-dealkylation sites (N-methyl/N-ethyl adjacent to an activating group) is 1. The summed E-state index contributed by atoms with van der Waals surface area (Å²) in [5.41, 5.74) is 7.04. The van der Waals surface area contributed by atoms with Gasteiger partial charge in [0.25, 0.3) is 0 Å². The van der Waals surface area contributed by atoms with E-state index < -0.39 is 36.5 Å². The number of rotatable bonds is 11. The smallest absolute Gasteiger partial charge is 0.410 e. The van der Waals surface area contributed by atoms with E-state index in [1.54, 1.807) is 48.5 Å². The van der Waals surface area contributed by atoms with Gasteiger partial charge < -0.3 is 30.7 Å². The van der Waals surface area contributed by atoms with Crippen molar-refractivity contribution in [3.63, 3.8) is 0 Å². The number of aryl methyl sites for hydroxylation is 1. The van der Waals surface area contributed by atoms with Gasteiger partial charge in [-0.1, -0.05) is 12.1 Å². The van der Waals surface area contributed by atoms with Crippen LogP contribution in [0.25, 0.3) is 0 Å². The van der Waals surface area contributed by atoms with E-state index in [2.05, 4.69) is 5.32 Å². The average Bonchev–Trinajstić information content (AvgIpc) is 2.80. The monoisotopic (exact) mass is 486 g/mol. The number of carboxylic acid groups (broad SMARTS) is 2. The summed E-state index contributed by atoms with van der Waals surface area (Å²) in [6.45, 7) is 0.00774. The van der Waals surface area contributed by atoms with E-state index in [9.17, 15) is 19.2 Å². The van der Waals surface area contributed by atoms with Crippen LogP contribution in [0, 0.1) is 5.41 Å². The predicted octanol–water partition coefficient (Wildman–Crippen LogP) is 2.14. The molecule has 0 heterocycles. The van der Waals surface area contributed by atoms with Gasteiger partial charge >= 0.3 is 24.0 Å². The number of guanidine groups is 1. The molecule has 0 radical (unpaired) electrons. The molecule has 12 heteroatoms. The van der Waals surface area contributed by atoms with Gasteiger partial charge in [0.1, 0.15) is 11.8 Å². The number of nitrogens with zero attached hydrogens (tertiary/aromatic N) is 1. The first-order chi connectivity index (χ1) is 16.6. The molecule has 0 spiro atoms. The van der Waals surface area contributed by atoms with Crippen LogP contribution in [0.1, 0.15) is 28.8 Å². The largest absolute Gasteiger partial charge is 0.481 e. The molecule has 2 rings (SSSR count). The van der Waals surface area contributed by atoms with Gasteiger partial charge in [-0.05, 0) is 54.8 Å². The van der Waals surface area contributed by atoms with Crippen molar-refractivity contribution >= 4 is 35.6 Å². The number of ether oxygens (including phenoxy) is 2. The van der Waals surface area contributed by atoms with Crippen molar-refractivity contribution in [1.29, 1.82) is 5.41 Å². The molecule has 186 valence electrons. The van der Waals surface area contributed by atoms with Crippen molar-refractivity contribution in [3.8, 4) is 5.75 Å². The Labute approximate surface area is 200 Å². The zero-order valence-electron chi connectivity index (χ0n) is 18.9. The Kier molecular flexibility index (Phi) is 9.58. The van der Waals surface area contributed by atoms with E-state index >= 15 is 0 Å². The number of nitrogens with two attached hydrogens (primary N) is 1. The number of carboxylic acids is 2. The maximum Gasteiger partial charge on any atom is 0.410 e. The third-order valence-corrected chi connectivity index (χ3v) is 4.78. The van der Waals surface area contributed by atoms with Crippen LogP contribution in [0.3, 0.4) is 0 Å². The number of anilines is 1. The lowest BCUT2D eigenvalue weighted by atomic mass is 10.1. The number of carbonyl (C=O) groups is 4. The first-order valence-electron chi connectivity index (χ1n) is 10.4. The molecular weight excluding hydrogens is 460 g/mol. The second-order valence-corrected chi connectivity index (χ2v) is 7.43. The number of hydrogen-bond acceptors (Lipinski definition) is 7. The Morgan fingerprint density at radius 2 is 1.69 bits per heavy atom. The molecule has 1 amide bonds. The van der Waals surface area contributed by atoms with Crippen molar-refractivity contribution in [2.24, 2.45) is 5.73 Å². The van der Waals surface area contributed by atoms with Gasteiger partial charge in [0, 0.05) is 12.7 Å². The van der Waals surface area contributed by atoms with Gasteiger partial charge in [0.15, 0.2) is 5.96 Å². The summed E-state index contributed by atoms with van der Waals surface area (Å²) in [5, 5.41) is 27.7. The molecule has 6 N–H and O–H groups in total. The van der Waals surface area contributed by atoms with Crippen molar-refractivity contribution in [2.75, 3.05) is 19.0 Å². The summed E-state index contributed by atoms with van der Waals surface area (Å²) < 4.78 is 10.4. The van der Waals surface area contributed by atoms with Crippen LogP contribution in [0.5, 0.6) is 5.75 Å². The molecule has 1 atom stereocenters.